The van der Waals surface area contributed by atoms with E-state index in [0.717, 1.165) is 5.56 Å². The van der Waals surface area contributed by atoms with Gasteiger partial charge in [0.2, 0.25) is 0 Å². The van der Waals surface area contributed by atoms with Crippen LogP contribution < -0.4 is 5.19 Å². The minimum absolute atomic E-state index is 0.294. The molecule has 24 heavy (non-hydrogen) atoms. The van der Waals surface area contributed by atoms with Crippen LogP contribution in [0.4, 0.5) is 0 Å². The molecule has 0 N–H and O–H groups in total. The highest BCUT2D eigenvalue weighted by Gasteiger charge is 2.40. The number of benzene rings is 2. The molecule has 126 valence electrons. The molecule has 0 radical (unpaired) electrons. The molecule has 0 atom stereocenters. The third kappa shape index (κ3) is 3.94. The van der Waals surface area contributed by atoms with Gasteiger partial charge in [0, 0.05) is 0 Å². The molecular weight excluding hydrogens is 328 g/mol. The molecule has 2 aromatic rings. The summed E-state index contributed by atoms with van der Waals surface area (Å²) in [6.45, 7) is 9.84. The summed E-state index contributed by atoms with van der Waals surface area (Å²) in [6.07, 6.45) is 2.21. The maximum absolute atomic E-state index is 11.5. The lowest BCUT2D eigenvalue weighted by atomic mass is 10.1. The fourth-order valence-electron chi connectivity index (χ4n) is 2.59. The summed E-state index contributed by atoms with van der Waals surface area (Å²) in [6, 6.07) is 18.5. The lowest BCUT2D eigenvalue weighted by Crippen LogP contribution is -2.61. The zero-order valence-corrected chi connectivity index (χ0v) is 17.2. The highest BCUT2D eigenvalue weighted by Crippen LogP contribution is 2.22. The van der Waals surface area contributed by atoms with Crippen LogP contribution in [0.5, 0.6) is 0 Å². The zero-order valence-electron chi connectivity index (χ0n) is 15.2. The average molecular weight is 355 g/mol. The van der Waals surface area contributed by atoms with Crippen LogP contribution in [0, 0.1) is 0 Å². The predicted octanol–water partition coefficient (Wildman–Crippen LogP) is 4.43. The van der Waals surface area contributed by atoms with Crippen LogP contribution in [-0.4, -0.2) is 28.3 Å². The van der Waals surface area contributed by atoms with E-state index in [-0.39, 0.29) is 5.97 Å². The Labute approximate surface area is 147 Å². The molecule has 0 spiro atoms. The fraction of sp³-hybridized carbons (Fsp3) is 0.250. The van der Waals surface area contributed by atoms with E-state index in [0.29, 0.717) is 5.56 Å². The predicted molar refractivity (Wildman–Crippen MR) is 108 cm³/mol. The van der Waals surface area contributed by atoms with E-state index in [1.165, 1.54) is 12.3 Å². The number of methoxy groups -OCH3 is 1. The molecule has 2 nitrogen and oxygen atoms in total. The summed E-state index contributed by atoms with van der Waals surface area (Å²) in [5.74, 6) is -0.294. The second kappa shape index (κ2) is 7.32. The molecule has 0 fully saturated rings. The zero-order chi connectivity index (χ0) is 17.8. The molecule has 0 saturated heterocycles. The van der Waals surface area contributed by atoms with Gasteiger partial charge in [0.25, 0.3) is 0 Å². The van der Waals surface area contributed by atoms with Gasteiger partial charge in [0.05, 0.1) is 27.9 Å². The molecule has 2 rings (SSSR count). The first kappa shape index (κ1) is 18.4. The molecule has 0 aromatic heterocycles. The number of hydrogen-bond donors (Lipinski definition) is 0. The van der Waals surface area contributed by atoms with E-state index in [1.807, 2.05) is 24.3 Å². The van der Waals surface area contributed by atoms with Crippen molar-refractivity contribution in [3.05, 3.63) is 71.4 Å². The highest BCUT2D eigenvalue weighted by molar-refractivity contribution is 7.47. The quantitative estimate of drug-likeness (QED) is 0.586. The Morgan fingerprint density at radius 1 is 0.917 bits per heavy atom. The first-order valence-corrected chi connectivity index (χ1v) is 15.3. The Bertz CT molecular complexity index is 717. The molecule has 2 aromatic carbocycles. The largest absolute Gasteiger partial charge is 0.465 e. The van der Waals surface area contributed by atoms with Crippen molar-refractivity contribution in [3.63, 3.8) is 0 Å². The fourth-order valence-corrected chi connectivity index (χ4v) is 9.62. The van der Waals surface area contributed by atoms with E-state index in [4.69, 9.17) is 4.74 Å². The summed E-state index contributed by atoms with van der Waals surface area (Å²) < 4.78 is 4.74. The Morgan fingerprint density at radius 2 is 1.50 bits per heavy atom. The van der Waals surface area contributed by atoms with Gasteiger partial charge < -0.3 is 4.74 Å². The number of carbonyl (C=O) groups excluding carboxylic acids is 1. The van der Waals surface area contributed by atoms with E-state index < -0.39 is 15.2 Å². The molecule has 0 heterocycles. The van der Waals surface area contributed by atoms with Crippen LogP contribution in [0.15, 0.2) is 60.3 Å². The van der Waals surface area contributed by atoms with Gasteiger partial charge in [-0.1, -0.05) is 85.6 Å². The third-order valence-electron chi connectivity index (χ3n) is 5.13. The topological polar surface area (TPSA) is 26.3 Å². The van der Waals surface area contributed by atoms with Crippen LogP contribution >= 0.6 is 0 Å². The minimum atomic E-state index is -1.53. The van der Waals surface area contributed by atoms with Crippen LogP contribution in [0.1, 0.15) is 15.9 Å². The normalized spacial score (nSPS) is 12.4. The number of esters is 1. The minimum Gasteiger partial charge on any atom is -0.465 e. The van der Waals surface area contributed by atoms with Crippen molar-refractivity contribution in [1.29, 1.82) is 0 Å². The van der Waals surface area contributed by atoms with E-state index in [9.17, 15) is 4.79 Å². The van der Waals surface area contributed by atoms with Gasteiger partial charge >= 0.3 is 5.97 Å². The summed E-state index contributed by atoms with van der Waals surface area (Å²) in [4.78, 5) is 11.5. The van der Waals surface area contributed by atoms with Gasteiger partial charge in [-0.2, -0.15) is 0 Å². The van der Waals surface area contributed by atoms with E-state index in [2.05, 4.69) is 68.3 Å². The summed E-state index contributed by atoms with van der Waals surface area (Å²) in [5.41, 5.74) is 4.16. The summed E-state index contributed by atoms with van der Waals surface area (Å²) in [7, 11) is -1.64. The number of ether oxygens (including phenoxy) is 1. The van der Waals surface area contributed by atoms with Gasteiger partial charge in [0.15, 0.2) is 0 Å². The van der Waals surface area contributed by atoms with Gasteiger partial charge in [-0.3, -0.25) is 0 Å². The van der Waals surface area contributed by atoms with Gasteiger partial charge in [-0.05, 0) is 17.7 Å². The third-order valence-corrected chi connectivity index (χ3v) is 22.2. The SMILES string of the molecule is COC(=O)c1ccc(/C=C/[Si](C)(C)[Si](C)(C)c2ccccc2)cc1. The van der Waals surface area contributed by atoms with Crippen molar-refractivity contribution in [3.8, 4) is 0 Å². The highest BCUT2D eigenvalue weighted by atomic mass is 29.3. The molecule has 4 heteroatoms. The van der Waals surface area contributed by atoms with Crippen LogP contribution in [0.2, 0.25) is 26.2 Å². The van der Waals surface area contributed by atoms with Gasteiger partial charge in [0.1, 0.15) is 0 Å². The number of hydrogen-bond acceptors (Lipinski definition) is 2. The lowest BCUT2D eigenvalue weighted by molar-refractivity contribution is 0.0600. The molecule has 0 amide bonds. The van der Waals surface area contributed by atoms with Crippen LogP contribution in [-0.2, 0) is 4.74 Å². The monoisotopic (exact) mass is 354 g/mol. The second-order valence-corrected chi connectivity index (χ2v) is 22.4. The van der Waals surface area contributed by atoms with Gasteiger partial charge in [-0.25, -0.2) is 4.79 Å². The number of carbonyl (C=O) groups is 1. The van der Waals surface area contributed by atoms with Crippen LogP contribution in [0.25, 0.3) is 6.08 Å². The first-order valence-electron chi connectivity index (χ1n) is 8.21. The Morgan fingerprint density at radius 3 is 2.04 bits per heavy atom. The van der Waals surface area contributed by atoms with Crippen molar-refractivity contribution in [2.45, 2.75) is 26.2 Å². The molecule has 0 aliphatic carbocycles. The smallest absolute Gasteiger partial charge is 0.337 e. The van der Waals surface area contributed by atoms with Crippen molar-refractivity contribution in [2.24, 2.45) is 0 Å². The Balaban J connectivity index is 2.22. The van der Waals surface area contributed by atoms with Crippen molar-refractivity contribution >= 4 is 32.4 Å². The molecule has 0 bridgehead atoms. The first-order chi connectivity index (χ1) is 11.3. The van der Waals surface area contributed by atoms with E-state index in [1.54, 1.807) is 0 Å². The Kier molecular flexibility index (Phi) is 5.62. The maximum Gasteiger partial charge on any atom is 0.337 e. The maximum atomic E-state index is 11.5. The second-order valence-electron chi connectivity index (χ2n) is 7.16. The standard InChI is InChI=1S/C20H26O2Si2/c1-22-20(21)18-13-11-17(12-14-18)15-16-23(2,3)24(4,5)19-9-7-6-8-10-19/h6-16H,1-5H3/b16-15+. The Hall–Kier alpha value is -1.92. The lowest BCUT2D eigenvalue weighted by Gasteiger charge is -2.36. The van der Waals surface area contributed by atoms with E-state index >= 15 is 0 Å². The van der Waals surface area contributed by atoms with Crippen molar-refractivity contribution < 1.29 is 9.53 Å². The molecular formula is C20H26O2Si2. The van der Waals surface area contributed by atoms with Crippen LogP contribution in [0.3, 0.4) is 0 Å². The molecule has 0 saturated carbocycles. The summed E-state index contributed by atoms with van der Waals surface area (Å²) >= 11 is 0. The number of rotatable bonds is 5. The molecule has 0 aliphatic heterocycles. The average Bonchev–Trinajstić information content (AvgIpc) is 2.60. The summed E-state index contributed by atoms with van der Waals surface area (Å²) in [5, 5.41) is 1.52. The van der Waals surface area contributed by atoms with Gasteiger partial charge in [-0.15, -0.1) is 0 Å². The molecule has 0 aliphatic rings. The van der Waals surface area contributed by atoms with Crippen molar-refractivity contribution in [2.75, 3.05) is 7.11 Å². The molecule has 0 unspecified atom stereocenters. The van der Waals surface area contributed by atoms with Crippen molar-refractivity contribution in [1.82, 2.24) is 0 Å².